The first-order chi connectivity index (χ1) is 13.0. The summed E-state index contributed by atoms with van der Waals surface area (Å²) in [5.74, 6) is 0.00541. The van der Waals surface area contributed by atoms with Crippen LogP contribution in [0.15, 0.2) is 42.5 Å². The molecule has 0 aliphatic rings. The molecule has 0 bridgehead atoms. The van der Waals surface area contributed by atoms with Gasteiger partial charge in [-0.1, -0.05) is 37.6 Å². The van der Waals surface area contributed by atoms with Crippen LogP contribution in [0.1, 0.15) is 47.3 Å². The predicted molar refractivity (Wildman–Crippen MR) is 104 cm³/mol. The molecule has 0 saturated heterocycles. The number of aromatic hydroxyl groups is 1. The summed E-state index contributed by atoms with van der Waals surface area (Å²) in [5.41, 5.74) is 2.79. The third kappa shape index (κ3) is 5.45. The highest BCUT2D eigenvalue weighted by molar-refractivity contribution is 5.97. The number of phenolic OH excluding ortho intramolecular Hbond substituents is 1. The molecular formula is C22H24O5. The van der Waals surface area contributed by atoms with Gasteiger partial charge in [-0.3, -0.25) is 4.79 Å². The average molecular weight is 368 g/mol. The second kappa shape index (κ2) is 9.57. The molecule has 2 aromatic carbocycles. The molecule has 142 valence electrons. The van der Waals surface area contributed by atoms with Crippen LogP contribution in [0.25, 0.3) is 6.08 Å². The van der Waals surface area contributed by atoms with E-state index in [1.807, 2.05) is 31.2 Å². The van der Waals surface area contributed by atoms with Crippen molar-refractivity contribution >= 4 is 17.8 Å². The Bertz CT molecular complexity index is 835. The molecule has 0 heterocycles. The maximum absolute atomic E-state index is 11.6. The van der Waals surface area contributed by atoms with Gasteiger partial charge in [-0.2, -0.15) is 0 Å². The number of rotatable bonds is 8. The molecule has 5 heteroatoms. The van der Waals surface area contributed by atoms with E-state index in [0.717, 1.165) is 17.5 Å². The quantitative estimate of drug-likeness (QED) is 0.427. The molecule has 0 aliphatic carbocycles. The Labute approximate surface area is 159 Å². The largest absolute Gasteiger partial charge is 0.507 e. The van der Waals surface area contributed by atoms with Crippen molar-refractivity contribution in [1.29, 1.82) is 0 Å². The first kappa shape index (κ1) is 20.2. The second-order valence-electron chi connectivity index (χ2n) is 6.13. The van der Waals surface area contributed by atoms with Gasteiger partial charge in [0.25, 0.3) is 0 Å². The minimum atomic E-state index is -0.403. The van der Waals surface area contributed by atoms with Crippen LogP contribution in [-0.4, -0.2) is 24.0 Å². The molecule has 2 aromatic rings. The summed E-state index contributed by atoms with van der Waals surface area (Å²) in [6.45, 7) is 3.77. The number of Topliss-reactive ketones (excluding diaryl/α,β-unsaturated/α-hetero) is 1. The predicted octanol–water partition coefficient (Wildman–Crippen LogP) is 4.31. The lowest BCUT2D eigenvalue weighted by molar-refractivity contribution is -0.134. The Balaban J connectivity index is 2.12. The van der Waals surface area contributed by atoms with Crippen molar-refractivity contribution in [3.05, 3.63) is 64.7 Å². The number of carbonyl (C=O) groups is 2. The first-order valence-electron chi connectivity index (χ1n) is 8.79. The first-order valence-corrected chi connectivity index (χ1v) is 8.79. The zero-order valence-electron chi connectivity index (χ0n) is 15.8. The van der Waals surface area contributed by atoms with Crippen molar-refractivity contribution in [3.63, 3.8) is 0 Å². The third-order valence-corrected chi connectivity index (χ3v) is 4.11. The van der Waals surface area contributed by atoms with Gasteiger partial charge in [0.2, 0.25) is 0 Å². The summed E-state index contributed by atoms with van der Waals surface area (Å²) in [6, 6.07) is 10.9. The van der Waals surface area contributed by atoms with E-state index in [-0.39, 0.29) is 11.5 Å². The van der Waals surface area contributed by atoms with Gasteiger partial charge in [0, 0.05) is 11.6 Å². The van der Waals surface area contributed by atoms with Gasteiger partial charge in [0.05, 0.1) is 12.7 Å². The highest BCUT2D eigenvalue weighted by Crippen LogP contribution is 2.33. The number of benzene rings is 2. The lowest BCUT2D eigenvalue weighted by Crippen LogP contribution is -2.02. The van der Waals surface area contributed by atoms with Crippen LogP contribution < -0.4 is 4.74 Å². The van der Waals surface area contributed by atoms with Gasteiger partial charge in [-0.15, -0.1) is 0 Å². The van der Waals surface area contributed by atoms with Crippen LogP contribution in [0.4, 0.5) is 0 Å². The molecule has 0 saturated carbocycles. The van der Waals surface area contributed by atoms with Crippen LogP contribution in [0.5, 0.6) is 11.5 Å². The molecule has 0 spiro atoms. The molecule has 27 heavy (non-hydrogen) atoms. The number of esters is 1. The van der Waals surface area contributed by atoms with E-state index in [0.29, 0.717) is 29.9 Å². The summed E-state index contributed by atoms with van der Waals surface area (Å²) in [5, 5.41) is 10.4. The number of hydrogen-bond acceptors (Lipinski definition) is 5. The lowest BCUT2D eigenvalue weighted by Gasteiger charge is -2.14. The maximum atomic E-state index is 11.6. The zero-order valence-corrected chi connectivity index (χ0v) is 15.8. The molecule has 0 unspecified atom stereocenters. The molecule has 0 atom stereocenters. The van der Waals surface area contributed by atoms with Gasteiger partial charge in [0.15, 0.2) is 5.78 Å². The Hall–Kier alpha value is -3.08. The summed E-state index contributed by atoms with van der Waals surface area (Å²) in [6.07, 6.45) is 4.49. The summed E-state index contributed by atoms with van der Waals surface area (Å²) < 4.78 is 10.4. The van der Waals surface area contributed by atoms with Crippen LogP contribution in [-0.2, 0) is 22.6 Å². The number of hydrogen-bond donors (Lipinski definition) is 1. The zero-order chi connectivity index (χ0) is 19.8. The van der Waals surface area contributed by atoms with Crippen molar-refractivity contribution < 1.29 is 24.2 Å². The van der Waals surface area contributed by atoms with E-state index < -0.39 is 5.97 Å². The van der Waals surface area contributed by atoms with E-state index >= 15 is 0 Å². The Morgan fingerprint density at radius 1 is 1.11 bits per heavy atom. The third-order valence-electron chi connectivity index (χ3n) is 4.11. The topological polar surface area (TPSA) is 72.8 Å². The molecule has 0 fully saturated rings. The van der Waals surface area contributed by atoms with Gasteiger partial charge in [-0.25, -0.2) is 4.79 Å². The number of ether oxygens (including phenoxy) is 2. The Morgan fingerprint density at radius 2 is 1.81 bits per heavy atom. The van der Waals surface area contributed by atoms with Gasteiger partial charge >= 0.3 is 5.97 Å². The van der Waals surface area contributed by atoms with Crippen LogP contribution in [0.2, 0.25) is 0 Å². The smallest absolute Gasteiger partial charge is 0.330 e. The van der Waals surface area contributed by atoms with Crippen molar-refractivity contribution in [3.8, 4) is 11.5 Å². The highest BCUT2D eigenvalue weighted by atomic mass is 16.5. The molecule has 1 N–H and O–H groups in total. The van der Waals surface area contributed by atoms with Crippen LogP contribution in [0.3, 0.4) is 0 Å². The number of ketones is 1. The van der Waals surface area contributed by atoms with E-state index in [1.165, 1.54) is 20.1 Å². The molecule has 0 aliphatic heterocycles. The monoisotopic (exact) mass is 368 g/mol. The SMILES string of the molecule is CCCc1c(OCc2ccc(/C=C/C(=O)OC)cc2)ccc(C(C)=O)c1O. The van der Waals surface area contributed by atoms with Crippen molar-refractivity contribution in [2.24, 2.45) is 0 Å². The van der Waals surface area contributed by atoms with E-state index in [2.05, 4.69) is 4.74 Å². The van der Waals surface area contributed by atoms with Crippen molar-refractivity contribution in [1.82, 2.24) is 0 Å². The van der Waals surface area contributed by atoms with Crippen molar-refractivity contribution in [2.45, 2.75) is 33.3 Å². The lowest BCUT2D eigenvalue weighted by atomic mass is 10.0. The molecular weight excluding hydrogens is 344 g/mol. The van der Waals surface area contributed by atoms with Crippen LogP contribution >= 0.6 is 0 Å². The molecule has 0 radical (unpaired) electrons. The Kier molecular flexibility index (Phi) is 7.17. The standard InChI is InChI=1S/C22H24O5/c1-4-5-19-20(12-11-18(15(2)23)22(19)25)27-14-17-8-6-16(7-9-17)10-13-21(24)26-3/h6-13,25H,4-5,14H2,1-3H3/b13-10+. The maximum Gasteiger partial charge on any atom is 0.330 e. The fourth-order valence-corrected chi connectivity index (χ4v) is 2.65. The minimum Gasteiger partial charge on any atom is -0.507 e. The number of carbonyl (C=O) groups excluding carboxylic acids is 2. The minimum absolute atomic E-state index is 0.00476. The number of methoxy groups -OCH3 is 1. The summed E-state index contributed by atoms with van der Waals surface area (Å²) in [4.78, 5) is 22.7. The summed E-state index contributed by atoms with van der Waals surface area (Å²) in [7, 11) is 1.33. The van der Waals surface area contributed by atoms with E-state index in [9.17, 15) is 14.7 Å². The second-order valence-corrected chi connectivity index (χ2v) is 6.13. The fourth-order valence-electron chi connectivity index (χ4n) is 2.65. The summed E-state index contributed by atoms with van der Waals surface area (Å²) >= 11 is 0. The molecule has 0 aromatic heterocycles. The average Bonchev–Trinajstić information content (AvgIpc) is 2.67. The normalized spacial score (nSPS) is 10.8. The van der Waals surface area contributed by atoms with Gasteiger partial charge in [0.1, 0.15) is 18.1 Å². The van der Waals surface area contributed by atoms with Crippen molar-refractivity contribution in [2.75, 3.05) is 7.11 Å². The molecule has 2 rings (SSSR count). The van der Waals surface area contributed by atoms with E-state index in [4.69, 9.17) is 4.74 Å². The Morgan fingerprint density at radius 3 is 2.41 bits per heavy atom. The van der Waals surface area contributed by atoms with E-state index in [1.54, 1.807) is 18.2 Å². The fraction of sp³-hybridized carbons (Fsp3) is 0.273. The van der Waals surface area contributed by atoms with Gasteiger partial charge < -0.3 is 14.6 Å². The molecule has 0 amide bonds. The molecule has 5 nitrogen and oxygen atoms in total. The highest BCUT2D eigenvalue weighted by Gasteiger charge is 2.15. The van der Waals surface area contributed by atoms with Gasteiger partial charge in [-0.05, 0) is 42.7 Å². The van der Waals surface area contributed by atoms with Crippen LogP contribution in [0, 0.1) is 0 Å². The number of phenols is 1.